The Morgan fingerprint density at radius 1 is 0.759 bits per heavy atom. The van der Waals surface area contributed by atoms with E-state index in [2.05, 4.69) is 17.9 Å². The molecule has 3 aromatic carbocycles. The van der Waals surface area contributed by atoms with Crippen LogP contribution in [-0.4, -0.2) is 78.6 Å². The molecule has 7 atom stereocenters. The summed E-state index contributed by atoms with van der Waals surface area (Å²) in [6.45, 7) is 7.92. The molecule has 3 aromatic rings. The van der Waals surface area contributed by atoms with Gasteiger partial charge >= 0.3 is 23.9 Å². The van der Waals surface area contributed by atoms with Crippen LogP contribution in [-0.2, 0) is 68.9 Å². The Balaban J connectivity index is 1.40. The van der Waals surface area contributed by atoms with Crippen LogP contribution in [0.4, 0.5) is 0 Å². The lowest BCUT2D eigenvalue weighted by Crippen LogP contribution is -2.64. The average Bonchev–Trinajstić information content (AvgIpc) is 3.15. The number of fused-ring (bicyclic) bond motifs is 2. The van der Waals surface area contributed by atoms with Gasteiger partial charge < -0.3 is 33.2 Å². The van der Waals surface area contributed by atoms with Crippen LogP contribution in [0.25, 0.3) is 0 Å². The number of piperidine rings is 1. The molecule has 12 heteroatoms. The van der Waals surface area contributed by atoms with Crippen LogP contribution in [0, 0.1) is 5.92 Å². The highest BCUT2D eigenvalue weighted by Gasteiger charge is 2.56. The van der Waals surface area contributed by atoms with Crippen LogP contribution >= 0.6 is 0 Å². The Labute approximate surface area is 315 Å². The molecule has 2 aliphatic heterocycles. The van der Waals surface area contributed by atoms with Gasteiger partial charge in [-0.25, -0.2) is 4.79 Å². The number of carbonyl (C=O) groups is 4. The molecule has 54 heavy (non-hydrogen) atoms. The maximum atomic E-state index is 13.9. The van der Waals surface area contributed by atoms with Crippen molar-refractivity contribution < 1.29 is 52.3 Å². The van der Waals surface area contributed by atoms with Crippen LogP contribution in [0.1, 0.15) is 69.2 Å². The van der Waals surface area contributed by atoms with Crippen molar-refractivity contribution in [3.05, 3.63) is 95.1 Å². The second-order valence-corrected chi connectivity index (χ2v) is 14.1. The second kappa shape index (κ2) is 17.9. The average molecular weight is 744 g/mol. The van der Waals surface area contributed by atoms with E-state index in [1.165, 1.54) is 6.92 Å². The highest BCUT2D eigenvalue weighted by Crippen LogP contribution is 2.45. The van der Waals surface area contributed by atoms with Gasteiger partial charge in [0.1, 0.15) is 13.2 Å². The standard InChI is InChI=1S/C42H49NO11/c1-5-20-43-21-12-17-32-22-33-31(23-34(32)43)18-19-35(48-24-29-13-8-6-9-14-29)36(33)53-42-40(52-28(4)46)38(51-27(3)45)37(50-26(2)44)39(54-42)41(47)49-25-30-15-10-7-11-16-30/h6-11,13-16,18-19,32,34,37-40,42H,5,12,17,20-25H2,1-4H3/t32-,34-,37+,38+,39+,40-,42-/m1/s1. The van der Waals surface area contributed by atoms with Crippen LogP contribution in [0.15, 0.2) is 72.8 Å². The van der Waals surface area contributed by atoms with Gasteiger partial charge in [0.05, 0.1) is 0 Å². The second-order valence-electron chi connectivity index (χ2n) is 14.1. The Morgan fingerprint density at radius 3 is 2.04 bits per heavy atom. The summed E-state index contributed by atoms with van der Waals surface area (Å²) >= 11 is 0. The summed E-state index contributed by atoms with van der Waals surface area (Å²) in [5.41, 5.74) is 3.67. The molecular weight excluding hydrogens is 694 g/mol. The van der Waals surface area contributed by atoms with Gasteiger partial charge in [0.25, 0.3) is 0 Å². The predicted octanol–water partition coefficient (Wildman–Crippen LogP) is 5.50. The Hall–Kier alpha value is -4.94. The summed E-state index contributed by atoms with van der Waals surface area (Å²) in [6.07, 6.45) is -2.91. The van der Waals surface area contributed by atoms with E-state index in [0.29, 0.717) is 35.4 Å². The molecule has 0 N–H and O–H groups in total. The quantitative estimate of drug-likeness (QED) is 0.162. The first-order valence-corrected chi connectivity index (χ1v) is 18.7. The summed E-state index contributed by atoms with van der Waals surface area (Å²) in [6, 6.07) is 23.1. The highest BCUT2D eigenvalue weighted by molar-refractivity contribution is 5.77. The van der Waals surface area contributed by atoms with Gasteiger partial charge in [-0.1, -0.05) is 73.7 Å². The van der Waals surface area contributed by atoms with E-state index in [0.717, 1.165) is 69.3 Å². The first-order valence-electron chi connectivity index (χ1n) is 18.7. The van der Waals surface area contributed by atoms with E-state index in [4.69, 9.17) is 33.2 Å². The van der Waals surface area contributed by atoms with Gasteiger partial charge in [0, 0.05) is 32.4 Å². The number of nitrogens with zero attached hydrogens (tertiary/aromatic N) is 1. The largest absolute Gasteiger partial charge is 0.485 e. The molecule has 2 fully saturated rings. The van der Waals surface area contributed by atoms with E-state index in [-0.39, 0.29) is 13.2 Å². The van der Waals surface area contributed by atoms with Gasteiger partial charge in [-0.3, -0.25) is 19.3 Å². The molecule has 12 nitrogen and oxygen atoms in total. The smallest absolute Gasteiger partial charge is 0.339 e. The van der Waals surface area contributed by atoms with E-state index in [1.807, 2.05) is 42.5 Å². The van der Waals surface area contributed by atoms with Crippen molar-refractivity contribution in [1.82, 2.24) is 4.90 Å². The molecule has 2 saturated heterocycles. The molecular formula is C42H49NO11. The SMILES string of the molecule is CCCN1CCC[C@@H]2Cc3c(ccc(OCc4ccccc4)c3O[C@@H]3O[C@H](C(=O)OCc4ccccc4)[C@@H](OC(C)=O)[C@H](OC(C)=O)[C@H]3OC(C)=O)C[C@H]21. The van der Waals surface area contributed by atoms with E-state index in [1.54, 1.807) is 24.3 Å². The summed E-state index contributed by atoms with van der Waals surface area (Å²) in [7, 11) is 0. The summed E-state index contributed by atoms with van der Waals surface area (Å²) in [5, 5.41) is 0. The molecule has 0 saturated carbocycles. The molecule has 288 valence electrons. The van der Waals surface area contributed by atoms with Crippen molar-refractivity contribution in [2.24, 2.45) is 5.92 Å². The number of rotatable bonds is 13. The number of benzene rings is 3. The molecule has 0 radical (unpaired) electrons. The van der Waals surface area contributed by atoms with Crippen molar-refractivity contribution in [2.75, 3.05) is 13.1 Å². The Kier molecular flexibility index (Phi) is 12.9. The molecule has 3 aliphatic rings. The van der Waals surface area contributed by atoms with Gasteiger partial charge in [0.2, 0.25) is 12.4 Å². The van der Waals surface area contributed by atoms with Crippen molar-refractivity contribution in [1.29, 1.82) is 0 Å². The first-order chi connectivity index (χ1) is 26.1. The van der Waals surface area contributed by atoms with Crippen molar-refractivity contribution in [3.8, 4) is 11.5 Å². The fourth-order valence-corrected chi connectivity index (χ4v) is 7.82. The zero-order chi connectivity index (χ0) is 38.2. The van der Waals surface area contributed by atoms with Gasteiger partial charge in [-0.15, -0.1) is 0 Å². The number of ether oxygens (including phenoxy) is 7. The molecule has 0 aromatic heterocycles. The number of esters is 4. The maximum Gasteiger partial charge on any atom is 0.339 e. The van der Waals surface area contributed by atoms with Crippen molar-refractivity contribution >= 4 is 23.9 Å². The third-order valence-corrected chi connectivity index (χ3v) is 10.1. The zero-order valence-electron chi connectivity index (χ0n) is 31.3. The number of carbonyl (C=O) groups excluding carboxylic acids is 4. The monoisotopic (exact) mass is 743 g/mol. The zero-order valence-corrected chi connectivity index (χ0v) is 31.3. The normalized spacial score (nSPS) is 24.9. The summed E-state index contributed by atoms with van der Waals surface area (Å²) in [4.78, 5) is 54.1. The third kappa shape index (κ3) is 9.40. The number of hydrogen-bond acceptors (Lipinski definition) is 12. The lowest BCUT2D eigenvalue weighted by atomic mass is 9.75. The summed E-state index contributed by atoms with van der Waals surface area (Å²) in [5.74, 6) is -2.02. The lowest BCUT2D eigenvalue weighted by Gasteiger charge is -2.46. The molecule has 1 aliphatic carbocycles. The summed E-state index contributed by atoms with van der Waals surface area (Å²) < 4.78 is 42.2. The number of likely N-dealkylation sites (tertiary alicyclic amines) is 1. The molecule has 0 unspecified atom stereocenters. The van der Waals surface area contributed by atoms with Crippen LogP contribution in [0.5, 0.6) is 11.5 Å². The fraction of sp³-hybridized carbons (Fsp3) is 0.476. The van der Waals surface area contributed by atoms with E-state index < -0.39 is 54.6 Å². The minimum atomic E-state index is -1.63. The highest BCUT2D eigenvalue weighted by atomic mass is 16.7. The predicted molar refractivity (Wildman–Crippen MR) is 195 cm³/mol. The van der Waals surface area contributed by atoms with Crippen molar-refractivity contribution in [3.63, 3.8) is 0 Å². The van der Waals surface area contributed by atoms with Crippen molar-refractivity contribution in [2.45, 2.75) is 110 Å². The third-order valence-electron chi connectivity index (χ3n) is 10.1. The molecule has 0 spiro atoms. The van der Waals surface area contributed by atoms with Gasteiger partial charge in [0.15, 0.2) is 29.8 Å². The van der Waals surface area contributed by atoms with E-state index >= 15 is 0 Å². The molecule has 0 bridgehead atoms. The maximum absolute atomic E-state index is 13.9. The first kappa shape index (κ1) is 38.8. The number of hydrogen-bond donors (Lipinski definition) is 0. The minimum absolute atomic E-state index is 0.106. The Morgan fingerprint density at radius 2 is 1.39 bits per heavy atom. The minimum Gasteiger partial charge on any atom is -0.485 e. The molecule has 6 rings (SSSR count). The van der Waals surface area contributed by atoms with Crippen LogP contribution < -0.4 is 9.47 Å². The molecule has 2 heterocycles. The topological polar surface area (TPSA) is 136 Å². The molecule has 0 amide bonds. The van der Waals surface area contributed by atoms with E-state index in [9.17, 15) is 19.2 Å². The van der Waals surface area contributed by atoms with Gasteiger partial charge in [-0.2, -0.15) is 0 Å². The van der Waals surface area contributed by atoms with Crippen LogP contribution in [0.2, 0.25) is 0 Å². The van der Waals surface area contributed by atoms with Crippen LogP contribution in [0.3, 0.4) is 0 Å². The Bertz CT molecular complexity index is 1760. The fourth-order valence-electron chi connectivity index (χ4n) is 7.82. The lowest BCUT2D eigenvalue weighted by molar-refractivity contribution is -0.283. The van der Waals surface area contributed by atoms with Gasteiger partial charge in [-0.05, 0) is 73.9 Å².